The maximum Gasteiger partial charge on any atom is 0.305 e. The molecule has 7 unspecified atom stereocenters. The summed E-state index contributed by atoms with van der Waals surface area (Å²) in [5, 5.41) is 54.7. The molecule has 100 heavy (non-hydrogen) atoms. The minimum Gasteiger partial charge on any atom is -0.466 e. The molecule has 1 fully saturated rings. The Bertz CT molecular complexity index is 1850. The Morgan fingerprint density at radius 2 is 0.670 bits per heavy atom. The number of carbonyl (C=O) groups excluding carboxylic acids is 2. The van der Waals surface area contributed by atoms with Gasteiger partial charge in [0.1, 0.15) is 24.4 Å². The number of carbonyl (C=O) groups is 2. The van der Waals surface area contributed by atoms with E-state index in [1.807, 2.05) is 6.08 Å². The fourth-order valence-electron chi connectivity index (χ4n) is 13.8. The molecule has 1 aliphatic heterocycles. The molecular weight excluding hydrogens is 1240 g/mol. The van der Waals surface area contributed by atoms with Gasteiger partial charge < -0.3 is 45.1 Å². The fraction of sp³-hybridized carbons (Fsp3) is 0.865. The van der Waals surface area contributed by atoms with Crippen molar-refractivity contribution in [3.63, 3.8) is 0 Å². The second-order valence-electron chi connectivity index (χ2n) is 30.2. The topological polar surface area (TPSA) is 175 Å². The Hall–Kier alpha value is -2.64. The highest BCUT2D eigenvalue weighted by Gasteiger charge is 2.44. The fourth-order valence-corrected chi connectivity index (χ4v) is 13.8. The molecule has 11 heteroatoms. The lowest BCUT2D eigenvalue weighted by atomic mass is 9.99. The molecule has 0 aliphatic carbocycles. The highest BCUT2D eigenvalue weighted by molar-refractivity contribution is 5.76. The van der Waals surface area contributed by atoms with E-state index in [1.54, 1.807) is 6.08 Å². The van der Waals surface area contributed by atoms with Crippen LogP contribution >= 0.6 is 0 Å². The molecule has 0 spiro atoms. The minimum absolute atomic E-state index is 0.00769. The van der Waals surface area contributed by atoms with Crippen LogP contribution in [0, 0.1) is 0 Å². The first-order valence-corrected chi connectivity index (χ1v) is 43.6. The number of hydrogen-bond acceptors (Lipinski definition) is 10. The summed E-state index contributed by atoms with van der Waals surface area (Å²) in [5.41, 5.74) is 0. The number of unbranched alkanes of at least 4 members (excludes halogenated alkanes) is 56. The predicted molar refractivity (Wildman–Crippen MR) is 426 cm³/mol. The first kappa shape index (κ1) is 95.4. The maximum absolute atomic E-state index is 13.1. The molecule has 1 amide bonds. The van der Waals surface area contributed by atoms with Crippen LogP contribution in [-0.4, -0.2) is 100 Å². The molecule has 586 valence electrons. The molecule has 0 saturated carbocycles. The van der Waals surface area contributed by atoms with Crippen molar-refractivity contribution in [2.45, 2.75) is 474 Å². The van der Waals surface area contributed by atoms with Crippen molar-refractivity contribution in [2.24, 2.45) is 0 Å². The molecule has 0 aromatic carbocycles. The quantitative estimate of drug-likeness (QED) is 0.0195. The summed E-state index contributed by atoms with van der Waals surface area (Å²) in [7, 11) is 0. The second kappa shape index (κ2) is 77.5. The highest BCUT2D eigenvalue weighted by Crippen LogP contribution is 2.24. The Morgan fingerprint density at radius 3 is 1.02 bits per heavy atom. The van der Waals surface area contributed by atoms with Gasteiger partial charge in [-0.25, -0.2) is 0 Å². The van der Waals surface area contributed by atoms with Gasteiger partial charge >= 0.3 is 5.97 Å². The van der Waals surface area contributed by atoms with Gasteiger partial charge in [-0.2, -0.15) is 0 Å². The summed E-state index contributed by atoms with van der Waals surface area (Å²) in [5.74, 6) is -0.168. The third-order valence-corrected chi connectivity index (χ3v) is 20.6. The highest BCUT2D eigenvalue weighted by atomic mass is 16.7. The van der Waals surface area contributed by atoms with Crippen LogP contribution in [0.4, 0.5) is 0 Å². The van der Waals surface area contributed by atoms with Crippen molar-refractivity contribution in [2.75, 3.05) is 19.8 Å². The van der Waals surface area contributed by atoms with Crippen LogP contribution in [0.2, 0.25) is 0 Å². The van der Waals surface area contributed by atoms with Gasteiger partial charge in [-0.15, -0.1) is 0 Å². The van der Waals surface area contributed by atoms with Gasteiger partial charge in [0.2, 0.25) is 5.91 Å². The van der Waals surface area contributed by atoms with E-state index < -0.39 is 49.5 Å². The molecule has 1 aliphatic rings. The maximum atomic E-state index is 13.1. The van der Waals surface area contributed by atoms with Crippen LogP contribution < -0.4 is 5.32 Å². The number of esters is 1. The third-order valence-electron chi connectivity index (χ3n) is 20.6. The molecule has 1 heterocycles. The average molecular weight is 1410 g/mol. The average Bonchev–Trinajstić information content (AvgIpc) is 0.822. The zero-order valence-electron chi connectivity index (χ0n) is 65.7. The smallest absolute Gasteiger partial charge is 0.305 e. The van der Waals surface area contributed by atoms with Crippen LogP contribution in [0.15, 0.2) is 60.8 Å². The van der Waals surface area contributed by atoms with E-state index in [2.05, 4.69) is 67.8 Å². The largest absolute Gasteiger partial charge is 0.466 e. The van der Waals surface area contributed by atoms with E-state index in [0.717, 1.165) is 70.6 Å². The van der Waals surface area contributed by atoms with Crippen LogP contribution in [-0.2, 0) is 23.8 Å². The molecule has 0 aromatic heterocycles. The van der Waals surface area contributed by atoms with Gasteiger partial charge in [0.25, 0.3) is 0 Å². The van der Waals surface area contributed by atoms with Gasteiger partial charge in [-0.05, 0) is 96.3 Å². The van der Waals surface area contributed by atoms with Crippen LogP contribution in [0.25, 0.3) is 0 Å². The molecule has 7 atom stereocenters. The SMILES string of the molecule is CCCCCC/C=C\C/C=C\CCCCCCCCCC(=O)OCCCCCCCCCCCCCCCCC/C=C\C/C=C\CCCCCCCCCCCCCCCCCCCC(=O)NC(COC1OC(CO)C(O)C(O)C1O)C(O)/C=C/CCCCCCCCCCCCCCC. The van der Waals surface area contributed by atoms with Crippen molar-refractivity contribution in [3.05, 3.63) is 60.8 Å². The summed E-state index contributed by atoms with van der Waals surface area (Å²) >= 11 is 0. The summed E-state index contributed by atoms with van der Waals surface area (Å²) in [6.07, 6.45) is 95.5. The summed E-state index contributed by atoms with van der Waals surface area (Å²) in [6, 6.07) is -0.809. The minimum atomic E-state index is -1.57. The zero-order valence-corrected chi connectivity index (χ0v) is 65.7. The van der Waals surface area contributed by atoms with Gasteiger partial charge in [0.05, 0.1) is 32.0 Å². The number of allylic oxidation sites excluding steroid dienone is 9. The monoisotopic (exact) mass is 1410 g/mol. The lowest BCUT2D eigenvalue weighted by molar-refractivity contribution is -0.302. The molecular formula is C89H165NO10. The van der Waals surface area contributed by atoms with Gasteiger partial charge in [-0.1, -0.05) is 383 Å². The molecule has 11 nitrogen and oxygen atoms in total. The van der Waals surface area contributed by atoms with E-state index in [1.165, 1.54) is 334 Å². The third kappa shape index (κ3) is 64.9. The number of ether oxygens (including phenoxy) is 3. The second-order valence-corrected chi connectivity index (χ2v) is 30.2. The molecule has 0 bridgehead atoms. The normalized spacial score (nSPS) is 17.4. The lowest BCUT2D eigenvalue weighted by Crippen LogP contribution is -2.60. The molecule has 0 radical (unpaired) electrons. The van der Waals surface area contributed by atoms with Crippen molar-refractivity contribution in [3.8, 4) is 0 Å². The number of rotatable bonds is 78. The number of aliphatic hydroxyl groups is 5. The number of aliphatic hydroxyl groups excluding tert-OH is 5. The van der Waals surface area contributed by atoms with Crippen LogP contribution in [0.3, 0.4) is 0 Å². The standard InChI is InChI=1S/C89H165NO10/c1-3-5-7-9-11-13-15-17-19-20-45-49-53-57-61-65-69-73-77-85(94)98-78-74-70-66-62-58-54-50-46-43-41-39-37-35-33-31-29-27-25-23-21-22-24-26-28-30-32-34-36-38-40-42-44-48-52-56-60-64-68-72-76-84(93)90-81(80-99-89-88(97)87(96)86(95)83(79-91)100-89)82(92)75-71-67-63-59-55-51-47-18-16-14-12-10-8-6-4-2/h13,15,19-22,25,27,71,75,81-83,86-89,91-92,95-97H,3-12,14,16-18,23-24,26,28-70,72-74,76-80H2,1-2H3,(H,90,93)/b15-13-,20-19-,22-21-,27-25-,75-71+. The number of nitrogens with one attached hydrogen (secondary N) is 1. The van der Waals surface area contributed by atoms with Crippen molar-refractivity contribution in [1.82, 2.24) is 5.32 Å². The summed E-state index contributed by atoms with van der Waals surface area (Å²) in [4.78, 5) is 25.2. The number of amides is 1. The summed E-state index contributed by atoms with van der Waals surface area (Å²) < 4.78 is 16.8. The van der Waals surface area contributed by atoms with E-state index in [-0.39, 0.29) is 18.5 Å². The van der Waals surface area contributed by atoms with Crippen LogP contribution in [0.1, 0.15) is 431 Å². The first-order chi connectivity index (χ1) is 49.2. The molecule has 6 N–H and O–H groups in total. The predicted octanol–water partition coefficient (Wildman–Crippen LogP) is 24.4. The van der Waals surface area contributed by atoms with E-state index >= 15 is 0 Å². The first-order valence-electron chi connectivity index (χ1n) is 43.6. The Labute approximate surface area is 618 Å². The van der Waals surface area contributed by atoms with Crippen molar-refractivity contribution < 1.29 is 49.3 Å². The molecule has 0 aromatic rings. The van der Waals surface area contributed by atoms with Gasteiger partial charge in [0, 0.05) is 12.8 Å². The Morgan fingerprint density at radius 1 is 0.370 bits per heavy atom. The van der Waals surface area contributed by atoms with Crippen molar-refractivity contribution >= 4 is 11.9 Å². The Kier molecular flexibility index (Phi) is 73.9. The van der Waals surface area contributed by atoms with Gasteiger partial charge in [0.15, 0.2) is 6.29 Å². The van der Waals surface area contributed by atoms with E-state index in [9.17, 15) is 35.1 Å². The molecule has 1 rings (SSSR count). The van der Waals surface area contributed by atoms with E-state index in [4.69, 9.17) is 14.2 Å². The molecule has 1 saturated heterocycles. The van der Waals surface area contributed by atoms with Gasteiger partial charge in [-0.3, -0.25) is 9.59 Å². The van der Waals surface area contributed by atoms with E-state index in [0.29, 0.717) is 19.4 Å². The lowest BCUT2D eigenvalue weighted by Gasteiger charge is -2.40. The zero-order chi connectivity index (χ0) is 72.2. The Balaban J connectivity index is 1.90. The van der Waals surface area contributed by atoms with Crippen molar-refractivity contribution in [1.29, 1.82) is 0 Å². The summed E-state index contributed by atoms with van der Waals surface area (Å²) in [6.45, 7) is 4.38. The van der Waals surface area contributed by atoms with Crippen LogP contribution in [0.5, 0.6) is 0 Å². The number of hydrogen-bond donors (Lipinski definition) is 6.